The van der Waals surface area contributed by atoms with Gasteiger partial charge in [0.2, 0.25) is 5.91 Å². The predicted molar refractivity (Wildman–Crippen MR) is 105 cm³/mol. The van der Waals surface area contributed by atoms with Gasteiger partial charge in [-0.2, -0.15) is 0 Å². The molecular weight excluding hydrogens is 371 g/mol. The van der Waals surface area contributed by atoms with Crippen LogP contribution in [0.2, 0.25) is 0 Å². The van der Waals surface area contributed by atoms with E-state index in [1.165, 1.54) is 0 Å². The molecule has 1 heterocycles. The van der Waals surface area contributed by atoms with Crippen molar-refractivity contribution in [3.8, 4) is 0 Å². The number of benzene rings is 1. The van der Waals surface area contributed by atoms with Gasteiger partial charge in [0.1, 0.15) is 6.61 Å². The summed E-state index contributed by atoms with van der Waals surface area (Å²) in [6, 6.07) is 9.89. The molecule has 1 atom stereocenters. The summed E-state index contributed by atoms with van der Waals surface area (Å²) in [4.78, 5) is 16.6. The van der Waals surface area contributed by atoms with Crippen LogP contribution in [0.3, 0.4) is 0 Å². The van der Waals surface area contributed by atoms with Gasteiger partial charge >= 0.3 is 0 Å². The highest BCUT2D eigenvalue weighted by Gasteiger charge is 2.23. The highest BCUT2D eigenvalue weighted by Crippen LogP contribution is 2.28. The molecule has 26 heavy (non-hydrogen) atoms. The smallest absolute Gasteiger partial charge is 0.248 e. The number of carbonyl (C=O) groups is 1. The fraction of sp³-hybridized carbons (Fsp3) is 0.450. The zero-order valence-electron chi connectivity index (χ0n) is 14.7. The van der Waals surface area contributed by atoms with Gasteiger partial charge in [0.05, 0.1) is 17.7 Å². The van der Waals surface area contributed by atoms with E-state index in [4.69, 9.17) is 27.9 Å². The minimum absolute atomic E-state index is 0.0296. The first kappa shape index (κ1) is 19.3. The number of ether oxygens (including phenoxy) is 1. The van der Waals surface area contributed by atoms with Crippen molar-refractivity contribution in [2.45, 2.75) is 24.8 Å². The minimum atomic E-state index is -0.0296. The average Bonchev–Trinajstić information content (AvgIpc) is 2.89. The largest absolute Gasteiger partial charge is 0.369 e. The molecule has 6 heteroatoms. The van der Waals surface area contributed by atoms with Crippen molar-refractivity contribution >= 4 is 29.1 Å². The van der Waals surface area contributed by atoms with E-state index in [2.05, 4.69) is 4.90 Å². The lowest BCUT2D eigenvalue weighted by molar-refractivity contribution is -0.136. The summed E-state index contributed by atoms with van der Waals surface area (Å²) in [5.41, 5.74) is 2.11. The standard InChI is InChI=1S/C20H24Cl2N2O2/c21-17-7-8-19(18(22)13-17)23-9-4-10-24(12-11-23)20(25)15-26-14-16-5-2-1-3-6-16/h1-3,5-8,17H,4,9-15H2. The molecule has 3 rings (SSSR count). The molecule has 4 nitrogen and oxygen atoms in total. The molecule has 0 N–H and O–H groups in total. The first-order valence-electron chi connectivity index (χ1n) is 8.99. The molecular formula is C20H24Cl2N2O2. The van der Waals surface area contributed by atoms with Gasteiger partial charge in [0, 0.05) is 37.6 Å². The van der Waals surface area contributed by atoms with E-state index in [1.807, 2.05) is 47.4 Å². The molecule has 1 fully saturated rings. The maximum absolute atomic E-state index is 12.4. The maximum atomic E-state index is 12.4. The summed E-state index contributed by atoms with van der Waals surface area (Å²) in [6.45, 7) is 3.66. The van der Waals surface area contributed by atoms with Crippen molar-refractivity contribution in [3.05, 3.63) is 58.8 Å². The highest BCUT2D eigenvalue weighted by atomic mass is 35.5. The second-order valence-electron chi connectivity index (χ2n) is 6.57. The van der Waals surface area contributed by atoms with Crippen molar-refractivity contribution in [1.29, 1.82) is 0 Å². The van der Waals surface area contributed by atoms with Crippen LogP contribution in [-0.2, 0) is 16.1 Å². The Morgan fingerprint density at radius 2 is 1.96 bits per heavy atom. The van der Waals surface area contributed by atoms with Crippen LogP contribution in [0.5, 0.6) is 0 Å². The molecule has 0 aromatic heterocycles. The normalized spacial score (nSPS) is 21.1. The lowest BCUT2D eigenvalue weighted by Gasteiger charge is -2.28. The van der Waals surface area contributed by atoms with Crippen LogP contribution in [0.25, 0.3) is 0 Å². The van der Waals surface area contributed by atoms with Gasteiger partial charge in [-0.15, -0.1) is 11.6 Å². The van der Waals surface area contributed by atoms with E-state index in [-0.39, 0.29) is 17.9 Å². The van der Waals surface area contributed by atoms with Crippen molar-refractivity contribution in [3.63, 3.8) is 0 Å². The van der Waals surface area contributed by atoms with Gasteiger partial charge in [0.25, 0.3) is 0 Å². The van der Waals surface area contributed by atoms with Crippen LogP contribution >= 0.6 is 23.2 Å². The molecule has 140 valence electrons. The molecule has 2 aliphatic rings. The Kier molecular flexibility index (Phi) is 7.00. The zero-order chi connectivity index (χ0) is 18.4. The molecule has 1 aliphatic carbocycles. The number of nitrogens with zero attached hydrogens (tertiary/aromatic N) is 2. The van der Waals surface area contributed by atoms with Crippen molar-refractivity contribution < 1.29 is 9.53 Å². The SMILES string of the molecule is O=C(COCc1ccccc1)N1CCCN(C2=C(Cl)CC(Cl)C=C2)CC1. The van der Waals surface area contributed by atoms with Gasteiger partial charge in [-0.05, 0) is 18.1 Å². The third-order valence-electron chi connectivity index (χ3n) is 4.64. The first-order chi connectivity index (χ1) is 12.6. The zero-order valence-corrected chi connectivity index (χ0v) is 16.3. The van der Waals surface area contributed by atoms with Crippen LogP contribution < -0.4 is 0 Å². The number of hydrogen-bond acceptors (Lipinski definition) is 3. The topological polar surface area (TPSA) is 32.8 Å². The fourth-order valence-electron chi connectivity index (χ4n) is 3.24. The number of halogens is 2. The molecule has 0 radical (unpaired) electrons. The molecule has 1 aromatic carbocycles. The molecule has 1 aromatic rings. The van der Waals surface area contributed by atoms with Gasteiger partial charge in [-0.1, -0.05) is 48.0 Å². The molecule has 0 spiro atoms. The molecule has 0 bridgehead atoms. The Labute approximate surface area is 165 Å². The summed E-state index contributed by atoms with van der Waals surface area (Å²) in [7, 11) is 0. The Balaban J connectivity index is 1.48. The van der Waals surface area contributed by atoms with Crippen molar-refractivity contribution in [2.24, 2.45) is 0 Å². The summed E-state index contributed by atoms with van der Waals surface area (Å²) in [5.74, 6) is 0.0443. The summed E-state index contributed by atoms with van der Waals surface area (Å²) in [5, 5.41) is 0.775. The number of allylic oxidation sites excluding steroid dienone is 3. The van der Waals surface area contributed by atoms with Crippen molar-refractivity contribution in [1.82, 2.24) is 9.80 Å². The van der Waals surface area contributed by atoms with Gasteiger partial charge < -0.3 is 14.5 Å². The van der Waals surface area contributed by atoms with E-state index in [1.54, 1.807) is 0 Å². The Morgan fingerprint density at radius 3 is 2.73 bits per heavy atom. The number of alkyl halides is 1. The summed E-state index contributed by atoms with van der Waals surface area (Å²) >= 11 is 12.5. The van der Waals surface area contributed by atoms with Gasteiger partial charge in [0.15, 0.2) is 0 Å². The first-order valence-corrected chi connectivity index (χ1v) is 9.80. The average molecular weight is 395 g/mol. The third kappa shape index (κ3) is 5.26. The summed E-state index contributed by atoms with van der Waals surface area (Å²) < 4.78 is 5.59. The monoisotopic (exact) mass is 394 g/mol. The number of amides is 1. The molecule has 1 unspecified atom stereocenters. The molecule has 1 amide bonds. The molecule has 1 aliphatic heterocycles. The highest BCUT2D eigenvalue weighted by molar-refractivity contribution is 6.31. The lowest BCUT2D eigenvalue weighted by atomic mass is 10.1. The quantitative estimate of drug-likeness (QED) is 0.712. The van der Waals surface area contributed by atoms with E-state index in [0.717, 1.165) is 42.3 Å². The Bertz CT molecular complexity index is 676. The fourth-order valence-corrected chi connectivity index (χ4v) is 3.89. The van der Waals surface area contributed by atoms with Crippen LogP contribution in [-0.4, -0.2) is 53.9 Å². The van der Waals surface area contributed by atoms with Gasteiger partial charge in [-0.3, -0.25) is 4.79 Å². The second-order valence-corrected chi connectivity index (χ2v) is 7.59. The summed E-state index contributed by atoms with van der Waals surface area (Å²) in [6.07, 6.45) is 5.57. The van der Waals surface area contributed by atoms with E-state index >= 15 is 0 Å². The van der Waals surface area contributed by atoms with Crippen LogP contribution in [0.4, 0.5) is 0 Å². The van der Waals surface area contributed by atoms with Crippen LogP contribution in [0, 0.1) is 0 Å². The number of carbonyl (C=O) groups excluding carboxylic acids is 1. The Hall–Kier alpha value is -1.49. The van der Waals surface area contributed by atoms with E-state index < -0.39 is 0 Å². The Morgan fingerprint density at radius 1 is 1.15 bits per heavy atom. The molecule has 0 saturated carbocycles. The number of rotatable bonds is 5. The minimum Gasteiger partial charge on any atom is -0.369 e. The predicted octanol–water partition coefficient (Wildman–Crippen LogP) is 3.76. The maximum Gasteiger partial charge on any atom is 0.248 e. The van der Waals surface area contributed by atoms with Crippen LogP contribution in [0.15, 0.2) is 53.2 Å². The van der Waals surface area contributed by atoms with Crippen LogP contribution in [0.1, 0.15) is 18.4 Å². The van der Waals surface area contributed by atoms with E-state index in [9.17, 15) is 4.79 Å². The molecule has 1 saturated heterocycles. The number of hydrogen-bond donors (Lipinski definition) is 0. The van der Waals surface area contributed by atoms with Crippen molar-refractivity contribution in [2.75, 3.05) is 32.8 Å². The van der Waals surface area contributed by atoms with Gasteiger partial charge in [-0.25, -0.2) is 0 Å². The lowest BCUT2D eigenvalue weighted by Crippen LogP contribution is -2.37. The van der Waals surface area contributed by atoms with E-state index in [0.29, 0.717) is 19.6 Å². The third-order valence-corrected chi connectivity index (χ3v) is 5.29. The second kappa shape index (κ2) is 9.45.